The van der Waals surface area contributed by atoms with Crippen molar-refractivity contribution >= 4 is 24.0 Å². The molecule has 1 aromatic rings. The summed E-state index contributed by atoms with van der Waals surface area (Å²) < 4.78 is 46.4. The van der Waals surface area contributed by atoms with Crippen LogP contribution in [0.3, 0.4) is 0 Å². The molecule has 1 fully saturated rings. The lowest BCUT2D eigenvalue weighted by atomic mass is 10.1. The van der Waals surface area contributed by atoms with Crippen LogP contribution in [0.1, 0.15) is 12.0 Å². The molecule has 0 radical (unpaired) electrons. The lowest BCUT2D eigenvalue weighted by molar-refractivity contribution is -0.153. The van der Waals surface area contributed by atoms with Crippen LogP contribution in [0.5, 0.6) is 5.75 Å². The monoisotopic (exact) mass is 368 g/mol. The maximum atomic E-state index is 12.1. The number of ether oxygens (including phenoxy) is 2. The van der Waals surface area contributed by atoms with Gasteiger partial charge in [0.1, 0.15) is 5.75 Å². The van der Waals surface area contributed by atoms with Crippen LogP contribution in [0.2, 0.25) is 0 Å². The molecule has 1 aliphatic rings. The molecular weight excluding hydrogens is 349 g/mol. The molecule has 1 aromatic carbocycles. The third-order valence-electron chi connectivity index (χ3n) is 3.28. The van der Waals surface area contributed by atoms with E-state index in [0.29, 0.717) is 31.0 Å². The first-order valence-corrected chi connectivity index (χ1v) is 7.25. The Labute approximate surface area is 144 Å². The molecule has 9 heteroatoms. The smallest absolute Gasteiger partial charge is 0.422 e. The fraction of sp³-hybridized carbons (Fsp3) is 0.533. The highest BCUT2D eigenvalue weighted by molar-refractivity contribution is 5.91. The Morgan fingerprint density at radius 3 is 2.79 bits per heavy atom. The largest absolute Gasteiger partial charge is 0.484 e. The first-order valence-electron chi connectivity index (χ1n) is 7.25. The number of hydrogen-bond donors (Lipinski definition) is 2. The van der Waals surface area contributed by atoms with Crippen molar-refractivity contribution in [3.05, 3.63) is 23.8 Å². The maximum Gasteiger partial charge on any atom is 0.422 e. The van der Waals surface area contributed by atoms with Gasteiger partial charge in [-0.3, -0.25) is 4.79 Å². The number of rotatable bonds is 5. The molecule has 0 bridgehead atoms. The first kappa shape index (κ1) is 20.5. The quantitative estimate of drug-likeness (QED) is 0.839. The summed E-state index contributed by atoms with van der Waals surface area (Å²) in [5.74, 6) is -0.0426. The Kier molecular flexibility index (Phi) is 7.78. The van der Waals surface area contributed by atoms with Crippen molar-refractivity contribution in [2.75, 3.05) is 31.7 Å². The zero-order valence-corrected chi connectivity index (χ0v) is 13.9. The molecule has 2 rings (SSSR count). The van der Waals surface area contributed by atoms with E-state index in [1.54, 1.807) is 13.0 Å². The van der Waals surface area contributed by atoms with Crippen LogP contribution in [-0.2, 0) is 9.53 Å². The number of carbonyl (C=O) groups is 1. The molecule has 1 atom stereocenters. The minimum absolute atomic E-state index is 0. The van der Waals surface area contributed by atoms with E-state index >= 15 is 0 Å². The van der Waals surface area contributed by atoms with E-state index in [9.17, 15) is 18.0 Å². The van der Waals surface area contributed by atoms with Crippen molar-refractivity contribution < 1.29 is 27.4 Å². The molecule has 0 aromatic heterocycles. The number of hydrogen-bond acceptors (Lipinski definition) is 4. The van der Waals surface area contributed by atoms with Crippen LogP contribution in [0, 0.1) is 6.92 Å². The standard InChI is InChI=1S/C15H19F3N2O3.ClH/c1-10-6-11(2-3-13(10)23-9-15(16,17)18)20-14(21)7-12-8-22-5-4-19-12;/h2-3,6,12,19H,4-5,7-9H2,1H3,(H,20,21);1H. The lowest BCUT2D eigenvalue weighted by Crippen LogP contribution is -2.43. The Balaban J connectivity index is 0.00000288. The minimum Gasteiger partial charge on any atom is -0.484 e. The van der Waals surface area contributed by atoms with Crippen LogP contribution >= 0.6 is 12.4 Å². The van der Waals surface area contributed by atoms with Gasteiger partial charge in [-0.1, -0.05) is 0 Å². The summed E-state index contributed by atoms with van der Waals surface area (Å²) in [7, 11) is 0. The molecule has 2 N–H and O–H groups in total. The van der Waals surface area contributed by atoms with Gasteiger partial charge in [0.05, 0.1) is 13.2 Å². The fourth-order valence-electron chi connectivity index (χ4n) is 2.24. The molecule has 1 aliphatic heterocycles. The lowest BCUT2D eigenvalue weighted by Gasteiger charge is -2.23. The van der Waals surface area contributed by atoms with Gasteiger partial charge < -0.3 is 20.1 Å². The van der Waals surface area contributed by atoms with Gasteiger partial charge in [0.15, 0.2) is 6.61 Å². The summed E-state index contributed by atoms with van der Waals surface area (Å²) in [6.07, 6.45) is -4.11. The number of morpholine rings is 1. The highest BCUT2D eigenvalue weighted by Gasteiger charge is 2.28. The summed E-state index contributed by atoms with van der Waals surface area (Å²) in [4.78, 5) is 11.9. The fourth-order valence-corrected chi connectivity index (χ4v) is 2.24. The Morgan fingerprint density at radius 2 is 2.21 bits per heavy atom. The first-order chi connectivity index (χ1) is 10.8. The molecule has 5 nitrogen and oxygen atoms in total. The van der Waals surface area contributed by atoms with E-state index in [1.165, 1.54) is 12.1 Å². The number of benzene rings is 1. The van der Waals surface area contributed by atoms with E-state index < -0.39 is 12.8 Å². The second-order valence-electron chi connectivity index (χ2n) is 5.36. The minimum atomic E-state index is -4.38. The Bertz CT molecular complexity index is 549. The van der Waals surface area contributed by atoms with Crippen molar-refractivity contribution in [1.82, 2.24) is 5.32 Å². The number of alkyl halides is 3. The molecule has 24 heavy (non-hydrogen) atoms. The average Bonchev–Trinajstić information content (AvgIpc) is 2.46. The van der Waals surface area contributed by atoms with Crippen molar-refractivity contribution in [3.63, 3.8) is 0 Å². The van der Waals surface area contributed by atoms with Crippen LogP contribution < -0.4 is 15.4 Å². The Hall–Kier alpha value is -1.51. The van der Waals surface area contributed by atoms with Gasteiger partial charge in [-0.25, -0.2) is 0 Å². The molecular formula is C15H20ClF3N2O3. The number of nitrogens with one attached hydrogen (secondary N) is 2. The van der Waals surface area contributed by atoms with Gasteiger partial charge in [-0.2, -0.15) is 13.2 Å². The second kappa shape index (κ2) is 9.10. The summed E-state index contributed by atoms with van der Waals surface area (Å²) in [5.41, 5.74) is 1.04. The molecule has 1 saturated heterocycles. The summed E-state index contributed by atoms with van der Waals surface area (Å²) in [5, 5.41) is 5.89. The number of aryl methyl sites for hydroxylation is 1. The summed E-state index contributed by atoms with van der Waals surface area (Å²) in [6.45, 7) is 2.11. The van der Waals surface area contributed by atoms with Gasteiger partial charge in [0.2, 0.25) is 5.91 Å². The van der Waals surface area contributed by atoms with E-state index in [4.69, 9.17) is 9.47 Å². The topological polar surface area (TPSA) is 59.6 Å². The van der Waals surface area contributed by atoms with Gasteiger partial charge in [-0.05, 0) is 30.7 Å². The van der Waals surface area contributed by atoms with Crippen molar-refractivity contribution in [2.24, 2.45) is 0 Å². The van der Waals surface area contributed by atoms with Crippen LogP contribution in [0.25, 0.3) is 0 Å². The second-order valence-corrected chi connectivity index (χ2v) is 5.36. The van der Waals surface area contributed by atoms with E-state index in [2.05, 4.69) is 10.6 Å². The summed E-state index contributed by atoms with van der Waals surface area (Å²) in [6, 6.07) is 4.48. The zero-order valence-electron chi connectivity index (χ0n) is 13.1. The maximum absolute atomic E-state index is 12.1. The summed E-state index contributed by atoms with van der Waals surface area (Å²) >= 11 is 0. The molecule has 136 valence electrons. The molecule has 1 amide bonds. The van der Waals surface area contributed by atoms with Crippen LogP contribution in [-0.4, -0.2) is 44.5 Å². The van der Waals surface area contributed by atoms with Crippen LogP contribution in [0.15, 0.2) is 18.2 Å². The molecule has 1 heterocycles. The van der Waals surface area contributed by atoms with Crippen molar-refractivity contribution in [3.8, 4) is 5.75 Å². The van der Waals surface area contributed by atoms with Gasteiger partial charge in [0.25, 0.3) is 0 Å². The van der Waals surface area contributed by atoms with Gasteiger partial charge >= 0.3 is 6.18 Å². The SMILES string of the molecule is Cc1cc(NC(=O)CC2COCCN2)ccc1OCC(F)(F)F.Cl. The van der Waals surface area contributed by atoms with E-state index in [0.717, 1.165) is 0 Å². The predicted octanol–water partition coefficient (Wildman–Crippen LogP) is 2.67. The number of carbonyl (C=O) groups excluding carboxylic acids is 1. The van der Waals surface area contributed by atoms with E-state index in [1.807, 2.05) is 0 Å². The van der Waals surface area contributed by atoms with Crippen molar-refractivity contribution in [1.29, 1.82) is 0 Å². The number of halogens is 4. The molecule has 0 spiro atoms. The highest BCUT2D eigenvalue weighted by atomic mass is 35.5. The number of amides is 1. The number of anilines is 1. The third kappa shape index (κ3) is 6.94. The van der Waals surface area contributed by atoms with Gasteiger partial charge in [-0.15, -0.1) is 12.4 Å². The molecule has 0 saturated carbocycles. The van der Waals surface area contributed by atoms with Crippen molar-refractivity contribution in [2.45, 2.75) is 25.6 Å². The normalized spacial score (nSPS) is 17.8. The molecule has 1 unspecified atom stereocenters. The Morgan fingerprint density at radius 1 is 1.46 bits per heavy atom. The third-order valence-corrected chi connectivity index (χ3v) is 3.28. The zero-order chi connectivity index (χ0) is 16.9. The highest BCUT2D eigenvalue weighted by Crippen LogP contribution is 2.24. The predicted molar refractivity (Wildman–Crippen MR) is 85.8 cm³/mol. The molecule has 0 aliphatic carbocycles. The average molecular weight is 369 g/mol. The van der Waals surface area contributed by atoms with E-state index in [-0.39, 0.29) is 36.5 Å². The van der Waals surface area contributed by atoms with Gasteiger partial charge in [0, 0.05) is 24.7 Å². The van der Waals surface area contributed by atoms with Crippen LogP contribution in [0.4, 0.5) is 18.9 Å².